The predicted octanol–water partition coefficient (Wildman–Crippen LogP) is 5.44. The SMILES string of the molecule is COc1ccc(C2C(C(=O)Nc3ccc(C)cc3)CCC(=O)N2c2ccc(C)cc2)cc1OC. The van der Waals surface area contributed by atoms with Crippen LogP contribution in [0.15, 0.2) is 66.7 Å². The molecule has 4 rings (SSSR count). The molecule has 34 heavy (non-hydrogen) atoms. The molecule has 2 unspecified atom stereocenters. The molecule has 1 saturated heterocycles. The summed E-state index contributed by atoms with van der Waals surface area (Å²) in [6, 6.07) is 20.6. The minimum Gasteiger partial charge on any atom is -0.493 e. The Morgan fingerprint density at radius 2 is 1.50 bits per heavy atom. The van der Waals surface area contributed by atoms with Gasteiger partial charge >= 0.3 is 0 Å². The monoisotopic (exact) mass is 458 g/mol. The largest absolute Gasteiger partial charge is 0.493 e. The number of amides is 2. The highest BCUT2D eigenvalue weighted by molar-refractivity contribution is 6.00. The van der Waals surface area contributed by atoms with Crippen LogP contribution in [0.3, 0.4) is 0 Å². The number of anilines is 2. The van der Waals surface area contributed by atoms with Gasteiger partial charge in [0, 0.05) is 17.8 Å². The van der Waals surface area contributed by atoms with Crippen molar-refractivity contribution in [3.8, 4) is 11.5 Å². The van der Waals surface area contributed by atoms with E-state index in [1.807, 2.05) is 80.6 Å². The lowest BCUT2D eigenvalue weighted by molar-refractivity contribution is -0.125. The molecule has 1 aliphatic heterocycles. The van der Waals surface area contributed by atoms with Crippen LogP contribution in [0.1, 0.15) is 35.6 Å². The molecule has 1 N–H and O–H groups in total. The molecule has 0 radical (unpaired) electrons. The number of hydrogen-bond donors (Lipinski definition) is 1. The molecule has 3 aromatic rings. The number of hydrogen-bond acceptors (Lipinski definition) is 4. The summed E-state index contributed by atoms with van der Waals surface area (Å²) >= 11 is 0. The third-order valence-corrected chi connectivity index (χ3v) is 6.31. The molecule has 0 spiro atoms. The van der Waals surface area contributed by atoms with Crippen LogP contribution >= 0.6 is 0 Å². The number of rotatable bonds is 6. The van der Waals surface area contributed by atoms with Crippen molar-refractivity contribution in [2.45, 2.75) is 32.7 Å². The Hall–Kier alpha value is -3.80. The lowest BCUT2D eigenvalue weighted by atomic mass is 9.83. The quantitative estimate of drug-likeness (QED) is 0.534. The van der Waals surface area contributed by atoms with Gasteiger partial charge in [-0.2, -0.15) is 0 Å². The predicted molar refractivity (Wildman–Crippen MR) is 133 cm³/mol. The Morgan fingerprint density at radius 1 is 0.882 bits per heavy atom. The molecule has 3 aromatic carbocycles. The number of piperidine rings is 1. The molecular weight excluding hydrogens is 428 g/mol. The van der Waals surface area contributed by atoms with E-state index in [4.69, 9.17) is 9.47 Å². The van der Waals surface area contributed by atoms with E-state index in [-0.39, 0.29) is 11.8 Å². The maximum atomic E-state index is 13.5. The molecule has 6 nitrogen and oxygen atoms in total. The molecule has 1 heterocycles. The lowest BCUT2D eigenvalue weighted by Gasteiger charge is -2.41. The molecule has 0 bridgehead atoms. The van der Waals surface area contributed by atoms with Crippen LogP contribution in [0.25, 0.3) is 0 Å². The number of nitrogens with one attached hydrogen (secondary N) is 1. The second-order valence-corrected chi connectivity index (χ2v) is 8.66. The third kappa shape index (κ3) is 4.76. The highest BCUT2D eigenvalue weighted by Crippen LogP contribution is 2.42. The molecule has 1 fully saturated rings. The maximum Gasteiger partial charge on any atom is 0.229 e. The van der Waals surface area contributed by atoms with Gasteiger partial charge in [-0.05, 0) is 62.2 Å². The highest BCUT2D eigenvalue weighted by Gasteiger charge is 2.41. The van der Waals surface area contributed by atoms with Gasteiger partial charge in [0.25, 0.3) is 0 Å². The van der Waals surface area contributed by atoms with E-state index in [1.165, 1.54) is 0 Å². The van der Waals surface area contributed by atoms with E-state index in [0.29, 0.717) is 24.3 Å². The van der Waals surface area contributed by atoms with Gasteiger partial charge in [-0.15, -0.1) is 0 Å². The van der Waals surface area contributed by atoms with Gasteiger partial charge in [0.2, 0.25) is 11.8 Å². The third-order valence-electron chi connectivity index (χ3n) is 6.31. The standard InChI is InChI=1S/C28H30N2O4/c1-18-5-10-21(11-6-18)29-28(32)23-14-16-26(31)30(22-12-7-19(2)8-13-22)27(23)20-9-15-24(33-3)25(17-20)34-4/h5-13,15,17,23,27H,14,16H2,1-4H3,(H,29,32). The van der Waals surface area contributed by atoms with Crippen molar-refractivity contribution in [3.05, 3.63) is 83.4 Å². The zero-order chi connectivity index (χ0) is 24.2. The van der Waals surface area contributed by atoms with E-state index in [2.05, 4.69) is 5.32 Å². The Kier molecular flexibility index (Phi) is 6.87. The minimum absolute atomic E-state index is 0.0111. The molecule has 0 saturated carbocycles. The molecule has 0 aliphatic carbocycles. The fraction of sp³-hybridized carbons (Fsp3) is 0.286. The zero-order valence-corrected chi connectivity index (χ0v) is 20.0. The number of benzene rings is 3. The first-order valence-electron chi connectivity index (χ1n) is 11.4. The molecular formula is C28H30N2O4. The van der Waals surface area contributed by atoms with Crippen molar-refractivity contribution in [1.82, 2.24) is 0 Å². The number of carbonyl (C=O) groups excluding carboxylic acids is 2. The second kappa shape index (κ2) is 10.00. The van der Waals surface area contributed by atoms with Crippen LogP contribution in [-0.2, 0) is 9.59 Å². The summed E-state index contributed by atoms with van der Waals surface area (Å²) in [5.74, 6) is 0.574. The lowest BCUT2D eigenvalue weighted by Crippen LogP contribution is -2.47. The first kappa shape index (κ1) is 23.4. The summed E-state index contributed by atoms with van der Waals surface area (Å²) in [5, 5.41) is 3.05. The van der Waals surface area contributed by atoms with Gasteiger partial charge in [0.15, 0.2) is 11.5 Å². The van der Waals surface area contributed by atoms with Crippen LogP contribution in [0.2, 0.25) is 0 Å². The normalized spacial score (nSPS) is 17.9. The van der Waals surface area contributed by atoms with E-state index in [0.717, 1.165) is 28.1 Å². The second-order valence-electron chi connectivity index (χ2n) is 8.66. The Labute approximate surface area is 200 Å². The first-order chi connectivity index (χ1) is 16.4. The summed E-state index contributed by atoms with van der Waals surface area (Å²) in [4.78, 5) is 28.5. The van der Waals surface area contributed by atoms with Crippen LogP contribution in [-0.4, -0.2) is 26.0 Å². The minimum atomic E-state index is -0.491. The van der Waals surface area contributed by atoms with Crippen LogP contribution < -0.4 is 19.7 Å². The van der Waals surface area contributed by atoms with Crippen LogP contribution in [0, 0.1) is 19.8 Å². The van der Waals surface area contributed by atoms with E-state index >= 15 is 0 Å². The van der Waals surface area contributed by atoms with Crippen molar-refractivity contribution in [1.29, 1.82) is 0 Å². The average Bonchev–Trinajstić information content (AvgIpc) is 2.85. The molecule has 6 heteroatoms. The molecule has 176 valence electrons. The Bertz CT molecular complexity index is 1170. The number of aryl methyl sites for hydroxylation is 2. The van der Waals surface area contributed by atoms with Crippen LogP contribution in [0.4, 0.5) is 11.4 Å². The van der Waals surface area contributed by atoms with Gasteiger partial charge in [-0.25, -0.2) is 0 Å². The topological polar surface area (TPSA) is 67.9 Å². The Balaban J connectivity index is 1.77. The van der Waals surface area contributed by atoms with Crippen molar-refractivity contribution >= 4 is 23.2 Å². The summed E-state index contributed by atoms with van der Waals surface area (Å²) < 4.78 is 10.9. The van der Waals surface area contributed by atoms with Crippen LogP contribution in [0.5, 0.6) is 11.5 Å². The summed E-state index contributed by atoms with van der Waals surface area (Å²) in [6.45, 7) is 4.01. The molecule has 2 atom stereocenters. The first-order valence-corrected chi connectivity index (χ1v) is 11.4. The fourth-order valence-corrected chi connectivity index (χ4v) is 4.47. The fourth-order valence-electron chi connectivity index (χ4n) is 4.47. The van der Waals surface area contributed by atoms with Crippen molar-refractivity contribution in [2.24, 2.45) is 5.92 Å². The highest BCUT2D eigenvalue weighted by atomic mass is 16.5. The maximum absolute atomic E-state index is 13.5. The number of ether oxygens (including phenoxy) is 2. The van der Waals surface area contributed by atoms with E-state index in [9.17, 15) is 9.59 Å². The number of carbonyl (C=O) groups is 2. The van der Waals surface area contributed by atoms with E-state index < -0.39 is 12.0 Å². The van der Waals surface area contributed by atoms with Gasteiger partial charge in [0.1, 0.15) is 0 Å². The molecule has 2 amide bonds. The zero-order valence-electron chi connectivity index (χ0n) is 20.0. The van der Waals surface area contributed by atoms with Gasteiger partial charge < -0.3 is 19.7 Å². The molecule has 1 aliphatic rings. The van der Waals surface area contributed by atoms with Crippen molar-refractivity contribution in [3.63, 3.8) is 0 Å². The van der Waals surface area contributed by atoms with Gasteiger partial charge in [-0.1, -0.05) is 41.5 Å². The Morgan fingerprint density at radius 3 is 2.12 bits per heavy atom. The van der Waals surface area contributed by atoms with E-state index in [1.54, 1.807) is 19.1 Å². The van der Waals surface area contributed by atoms with Crippen molar-refractivity contribution in [2.75, 3.05) is 24.4 Å². The summed E-state index contributed by atoms with van der Waals surface area (Å²) in [6.07, 6.45) is 0.752. The van der Waals surface area contributed by atoms with Gasteiger partial charge in [-0.3, -0.25) is 9.59 Å². The average molecular weight is 459 g/mol. The smallest absolute Gasteiger partial charge is 0.229 e. The van der Waals surface area contributed by atoms with Gasteiger partial charge in [0.05, 0.1) is 26.2 Å². The molecule has 0 aromatic heterocycles. The number of methoxy groups -OCH3 is 2. The van der Waals surface area contributed by atoms with Crippen molar-refractivity contribution < 1.29 is 19.1 Å². The summed E-state index contributed by atoms with van der Waals surface area (Å²) in [5.41, 5.74) is 4.54. The summed E-state index contributed by atoms with van der Waals surface area (Å²) in [7, 11) is 3.16. The number of nitrogens with zero attached hydrogens (tertiary/aromatic N) is 1.